The van der Waals surface area contributed by atoms with Crippen molar-refractivity contribution in [3.05, 3.63) is 45.4 Å². The molecule has 1 saturated heterocycles. The molecule has 9 heteroatoms. The summed E-state index contributed by atoms with van der Waals surface area (Å²) in [5.74, 6) is -0.988. The van der Waals surface area contributed by atoms with E-state index in [-0.39, 0.29) is 22.1 Å². The molecule has 1 N–H and O–H groups in total. The molecule has 0 saturated carbocycles. The maximum absolute atomic E-state index is 14.2. The Hall–Kier alpha value is -1.87. The van der Waals surface area contributed by atoms with Gasteiger partial charge in [0, 0.05) is 36.0 Å². The lowest BCUT2D eigenvalue weighted by Gasteiger charge is -2.21. The second kappa shape index (κ2) is 8.47. The van der Waals surface area contributed by atoms with Crippen LogP contribution in [0.3, 0.4) is 0 Å². The number of nitrogens with one attached hydrogen (secondary N) is 1. The first-order valence-corrected chi connectivity index (χ1v) is 11.8. The molecule has 1 aromatic carbocycles. The lowest BCUT2D eigenvalue weighted by atomic mass is 10.2. The summed E-state index contributed by atoms with van der Waals surface area (Å²) in [4.78, 5) is 15.0. The van der Waals surface area contributed by atoms with Gasteiger partial charge in [0.15, 0.2) is 0 Å². The van der Waals surface area contributed by atoms with E-state index in [1.54, 1.807) is 36.4 Å². The summed E-state index contributed by atoms with van der Waals surface area (Å²) in [6.45, 7) is 4.61. The van der Waals surface area contributed by atoms with Crippen molar-refractivity contribution in [2.75, 3.05) is 17.8 Å². The molecule has 1 fully saturated rings. The summed E-state index contributed by atoms with van der Waals surface area (Å²) >= 11 is 3.16. The number of sulfonamides is 1. The van der Waals surface area contributed by atoms with Crippen LogP contribution in [0.4, 0.5) is 10.1 Å². The van der Waals surface area contributed by atoms with Crippen LogP contribution < -0.4 is 4.72 Å². The van der Waals surface area contributed by atoms with Gasteiger partial charge in [-0.2, -0.15) is 0 Å². The summed E-state index contributed by atoms with van der Waals surface area (Å²) in [5.41, 5.74) is 1.01. The van der Waals surface area contributed by atoms with Gasteiger partial charge in [-0.05, 0) is 44.9 Å². The highest BCUT2D eigenvalue weighted by Crippen LogP contribution is 2.31. The first-order valence-electron chi connectivity index (χ1n) is 9.56. The molecule has 0 radical (unpaired) electrons. The number of carbonyl (C=O) groups excluding carboxylic acids is 1. The van der Waals surface area contributed by atoms with Gasteiger partial charge in [0.25, 0.3) is 15.9 Å². The molecule has 1 aliphatic rings. The van der Waals surface area contributed by atoms with Crippen LogP contribution in [0.2, 0.25) is 0 Å². The van der Waals surface area contributed by atoms with Crippen LogP contribution in [-0.4, -0.2) is 36.9 Å². The Morgan fingerprint density at radius 3 is 2.31 bits per heavy atom. The highest BCUT2D eigenvalue weighted by atomic mass is 79.9. The molecule has 0 atom stereocenters. The molecule has 0 aliphatic carbocycles. The van der Waals surface area contributed by atoms with E-state index in [9.17, 15) is 17.6 Å². The number of anilines is 1. The van der Waals surface area contributed by atoms with Crippen LogP contribution in [0, 0.1) is 19.7 Å². The van der Waals surface area contributed by atoms with Crippen molar-refractivity contribution in [1.29, 1.82) is 0 Å². The number of halogens is 2. The summed E-state index contributed by atoms with van der Waals surface area (Å²) in [6, 6.07) is 4.08. The largest absolute Gasteiger partial charge is 0.350 e. The normalized spacial score (nSPS) is 15.3. The third-order valence-corrected chi connectivity index (χ3v) is 7.49. The van der Waals surface area contributed by atoms with Crippen molar-refractivity contribution in [2.45, 2.75) is 44.4 Å². The molecule has 6 nitrogen and oxygen atoms in total. The Morgan fingerprint density at radius 2 is 1.72 bits per heavy atom. The lowest BCUT2D eigenvalue weighted by Crippen LogP contribution is -2.33. The number of benzene rings is 1. The molecule has 1 aromatic heterocycles. The zero-order chi connectivity index (χ0) is 21.3. The zero-order valence-corrected chi connectivity index (χ0v) is 19.2. The van der Waals surface area contributed by atoms with Crippen LogP contribution in [0.1, 0.15) is 47.4 Å². The standard InChI is InChI=1S/C20H25BrFN3O3S/c1-13-18(20(26)25-10-6-4-5-7-11-25)19(14(2)24(13)3)29(27,28)23-17-9-8-15(21)12-16(17)22/h8-9,12,23H,4-7,10-11H2,1-3H3. The van der Waals surface area contributed by atoms with E-state index in [1.807, 2.05) is 0 Å². The number of hydrogen-bond donors (Lipinski definition) is 1. The van der Waals surface area contributed by atoms with E-state index >= 15 is 0 Å². The lowest BCUT2D eigenvalue weighted by molar-refractivity contribution is 0.0757. The predicted octanol–water partition coefficient (Wildman–Crippen LogP) is 4.36. The third-order valence-electron chi connectivity index (χ3n) is 5.48. The van der Waals surface area contributed by atoms with Gasteiger partial charge in [0.2, 0.25) is 0 Å². The highest BCUT2D eigenvalue weighted by molar-refractivity contribution is 9.10. The molecule has 2 aromatic rings. The van der Waals surface area contributed by atoms with Crippen molar-refractivity contribution >= 4 is 37.5 Å². The minimum absolute atomic E-state index is 0.0888. The van der Waals surface area contributed by atoms with Gasteiger partial charge in [0.05, 0.1) is 11.3 Å². The number of hydrogen-bond acceptors (Lipinski definition) is 3. The summed E-state index contributed by atoms with van der Waals surface area (Å²) < 4.78 is 45.2. The topological polar surface area (TPSA) is 71.4 Å². The summed E-state index contributed by atoms with van der Waals surface area (Å²) in [6.07, 6.45) is 3.93. The number of amides is 1. The number of aromatic nitrogens is 1. The smallest absolute Gasteiger partial charge is 0.264 e. The second-order valence-corrected chi connectivity index (χ2v) is 9.90. The molecule has 0 bridgehead atoms. The minimum Gasteiger partial charge on any atom is -0.350 e. The number of likely N-dealkylation sites (tertiary alicyclic amines) is 1. The van der Waals surface area contributed by atoms with Crippen molar-refractivity contribution < 1.29 is 17.6 Å². The Morgan fingerprint density at radius 1 is 1.10 bits per heavy atom. The molecule has 1 amide bonds. The zero-order valence-electron chi connectivity index (χ0n) is 16.8. The van der Waals surface area contributed by atoms with Crippen molar-refractivity contribution in [3.8, 4) is 0 Å². The molecule has 29 heavy (non-hydrogen) atoms. The summed E-state index contributed by atoms with van der Waals surface area (Å²) in [5, 5.41) is 0. The fraction of sp³-hybridized carbons (Fsp3) is 0.450. The fourth-order valence-corrected chi connectivity index (χ4v) is 5.62. The fourth-order valence-electron chi connectivity index (χ4n) is 3.70. The maximum Gasteiger partial charge on any atom is 0.264 e. The van der Waals surface area contributed by atoms with E-state index in [0.717, 1.165) is 25.7 Å². The third kappa shape index (κ3) is 4.35. The minimum atomic E-state index is -4.18. The van der Waals surface area contributed by atoms with Crippen LogP contribution in [0.25, 0.3) is 0 Å². The van der Waals surface area contributed by atoms with Gasteiger partial charge in [-0.3, -0.25) is 9.52 Å². The number of rotatable bonds is 4. The molecular formula is C20H25BrFN3O3S. The van der Waals surface area contributed by atoms with Gasteiger partial charge >= 0.3 is 0 Å². The first kappa shape index (κ1) is 21.8. The molecule has 1 aliphatic heterocycles. The van der Waals surface area contributed by atoms with Crippen LogP contribution >= 0.6 is 15.9 Å². The Kier molecular flexibility index (Phi) is 6.38. The Labute approximate surface area is 179 Å². The van der Waals surface area contributed by atoms with Crippen LogP contribution in [-0.2, 0) is 17.1 Å². The highest BCUT2D eigenvalue weighted by Gasteiger charge is 2.33. The molecular weight excluding hydrogens is 461 g/mol. The second-order valence-electron chi connectivity index (χ2n) is 7.37. The average molecular weight is 486 g/mol. The molecule has 158 valence electrons. The maximum atomic E-state index is 14.2. The molecule has 0 spiro atoms. The molecule has 0 unspecified atom stereocenters. The van der Waals surface area contributed by atoms with E-state index in [0.29, 0.717) is 29.0 Å². The van der Waals surface area contributed by atoms with Gasteiger partial charge in [-0.25, -0.2) is 12.8 Å². The monoisotopic (exact) mass is 485 g/mol. The van der Waals surface area contributed by atoms with Crippen LogP contribution in [0.15, 0.2) is 27.6 Å². The molecule has 2 heterocycles. The van der Waals surface area contributed by atoms with Crippen LogP contribution in [0.5, 0.6) is 0 Å². The number of carbonyl (C=O) groups is 1. The van der Waals surface area contributed by atoms with Crippen molar-refractivity contribution in [2.24, 2.45) is 7.05 Å². The summed E-state index contributed by atoms with van der Waals surface area (Å²) in [7, 11) is -2.45. The van der Waals surface area contributed by atoms with Crippen molar-refractivity contribution in [3.63, 3.8) is 0 Å². The van der Waals surface area contributed by atoms with E-state index in [1.165, 1.54) is 12.1 Å². The van der Waals surface area contributed by atoms with Gasteiger partial charge in [-0.15, -0.1) is 0 Å². The van der Waals surface area contributed by atoms with Gasteiger partial charge < -0.3 is 9.47 Å². The van der Waals surface area contributed by atoms with Gasteiger partial charge in [-0.1, -0.05) is 28.8 Å². The Balaban J connectivity index is 2.06. The van der Waals surface area contributed by atoms with Gasteiger partial charge in [0.1, 0.15) is 10.7 Å². The van der Waals surface area contributed by atoms with E-state index in [2.05, 4.69) is 20.7 Å². The Bertz CT molecular complexity index is 1040. The quantitative estimate of drug-likeness (QED) is 0.698. The SMILES string of the molecule is Cc1c(C(=O)N2CCCCCC2)c(S(=O)(=O)Nc2ccc(Br)cc2F)c(C)n1C. The average Bonchev–Trinajstić information content (AvgIpc) is 2.86. The molecule has 3 rings (SSSR count). The van der Waals surface area contributed by atoms with Crippen molar-refractivity contribution in [1.82, 2.24) is 9.47 Å². The van der Waals surface area contributed by atoms with E-state index in [4.69, 9.17) is 0 Å². The van der Waals surface area contributed by atoms with E-state index < -0.39 is 15.8 Å². The first-order chi connectivity index (χ1) is 13.6. The number of nitrogens with zero attached hydrogens (tertiary/aromatic N) is 2. The predicted molar refractivity (Wildman–Crippen MR) is 114 cm³/mol.